The monoisotopic (exact) mass is 248 g/mol. The highest BCUT2D eigenvalue weighted by atomic mass is 16.5. The molecule has 1 heterocycles. The molecule has 1 saturated heterocycles. The summed E-state index contributed by atoms with van der Waals surface area (Å²) < 4.78 is 5.84. The minimum absolute atomic E-state index is 0.130. The van der Waals surface area contributed by atoms with Crippen molar-refractivity contribution in [3.63, 3.8) is 0 Å². The van der Waals surface area contributed by atoms with E-state index in [2.05, 4.69) is 26.0 Å². The minimum Gasteiger partial charge on any atom is -0.370 e. The number of ether oxygens (including phenoxy) is 1. The predicted octanol–water partition coefficient (Wildman–Crippen LogP) is 4.92. The molecule has 1 atom stereocenters. The van der Waals surface area contributed by atoms with Gasteiger partial charge in [0, 0.05) is 6.42 Å². The topological polar surface area (TPSA) is 9.23 Å². The Hall–Kier alpha value is -0.820. The van der Waals surface area contributed by atoms with Crippen molar-refractivity contribution < 1.29 is 4.74 Å². The quantitative estimate of drug-likeness (QED) is 0.633. The standard InChI is InChI=1S/C13H16O.2C2H6/c1-9-3-4-10(2)12-11(9)5-6-13(12)7-8-14-13;2*1-2/h3-4H,5-8H2,1-2H3;2*1-2H3. The molecule has 1 aromatic rings. The van der Waals surface area contributed by atoms with Gasteiger partial charge in [0.1, 0.15) is 0 Å². The van der Waals surface area contributed by atoms with Gasteiger partial charge in [-0.25, -0.2) is 0 Å². The number of fused-ring (bicyclic) bond motifs is 2. The lowest BCUT2D eigenvalue weighted by molar-refractivity contribution is -0.152. The van der Waals surface area contributed by atoms with Gasteiger partial charge in [0.15, 0.2) is 0 Å². The molecule has 0 aromatic heterocycles. The third kappa shape index (κ3) is 2.33. The molecular weight excluding hydrogens is 220 g/mol. The molecule has 1 unspecified atom stereocenters. The lowest BCUT2D eigenvalue weighted by Crippen LogP contribution is -2.39. The summed E-state index contributed by atoms with van der Waals surface area (Å²) in [6.07, 6.45) is 3.64. The Morgan fingerprint density at radius 2 is 1.50 bits per heavy atom. The van der Waals surface area contributed by atoms with E-state index in [1.54, 1.807) is 5.56 Å². The van der Waals surface area contributed by atoms with Crippen LogP contribution in [0, 0.1) is 13.8 Å². The Bertz CT molecular complexity index is 389. The fourth-order valence-electron chi connectivity index (χ4n) is 3.02. The second-order valence-electron chi connectivity index (χ2n) is 4.65. The van der Waals surface area contributed by atoms with Crippen LogP contribution in [-0.2, 0) is 16.8 Å². The van der Waals surface area contributed by atoms with Crippen LogP contribution in [0.3, 0.4) is 0 Å². The zero-order valence-electron chi connectivity index (χ0n) is 12.9. The van der Waals surface area contributed by atoms with Crippen LogP contribution in [0.25, 0.3) is 0 Å². The van der Waals surface area contributed by atoms with Gasteiger partial charge in [-0.05, 0) is 48.9 Å². The van der Waals surface area contributed by atoms with Crippen LogP contribution >= 0.6 is 0 Å². The molecule has 102 valence electrons. The molecule has 2 aliphatic rings. The molecule has 0 N–H and O–H groups in total. The maximum absolute atomic E-state index is 5.84. The summed E-state index contributed by atoms with van der Waals surface area (Å²) in [5, 5.41) is 0. The highest BCUT2D eigenvalue weighted by Gasteiger charge is 2.46. The van der Waals surface area contributed by atoms with E-state index in [1.807, 2.05) is 27.7 Å². The van der Waals surface area contributed by atoms with Crippen molar-refractivity contribution >= 4 is 0 Å². The first-order valence-electron chi connectivity index (χ1n) is 7.46. The predicted molar refractivity (Wildman–Crippen MR) is 79.2 cm³/mol. The minimum atomic E-state index is 0.130. The number of rotatable bonds is 0. The van der Waals surface area contributed by atoms with Gasteiger partial charge in [0.2, 0.25) is 0 Å². The number of aryl methyl sites for hydroxylation is 2. The number of hydrogen-bond donors (Lipinski definition) is 0. The Labute approximate surface area is 113 Å². The number of hydrogen-bond acceptors (Lipinski definition) is 1. The maximum atomic E-state index is 5.84. The van der Waals surface area contributed by atoms with E-state index in [9.17, 15) is 0 Å². The van der Waals surface area contributed by atoms with Crippen LogP contribution < -0.4 is 0 Å². The normalized spacial score (nSPS) is 23.2. The van der Waals surface area contributed by atoms with E-state index in [4.69, 9.17) is 4.74 Å². The van der Waals surface area contributed by atoms with E-state index in [0.717, 1.165) is 6.61 Å². The van der Waals surface area contributed by atoms with E-state index in [-0.39, 0.29) is 5.60 Å². The Kier molecular flexibility index (Phi) is 5.40. The summed E-state index contributed by atoms with van der Waals surface area (Å²) in [6.45, 7) is 13.4. The maximum Gasteiger partial charge on any atom is 0.0961 e. The van der Waals surface area contributed by atoms with Gasteiger partial charge in [-0.1, -0.05) is 39.8 Å². The second-order valence-corrected chi connectivity index (χ2v) is 4.65. The van der Waals surface area contributed by atoms with Crippen molar-refractivity contribution in [2.45, 2.75) is 66.4 Å². The van der Waals surface area contributed by atoms with Crippen molar-refractivity contribution in [2.75, 3.05) is 6.61 Å². The highest BCUT2D eigenvalue weighted by molar-refractivity contribution is 5.48. The molecule has 3 rings (SSSR count). The Morgan fingerprint density at radius 3 is 2.00 bits per heavy atom. The Balaban J connectivity index is 0.000000371. The molecule has 1 heteroatoms. The average molecular weight is 248 g/mol. The third-order valence-corrected chi connectivity index (χ3v) is 3.87. The first-order valence-corrected chi connectivity index (χ1v) is 7.46. The van der Waals surface area contributed by atoms with E-state index in [1.165, 1.54) is 36.0 Å². The van der Waals surface area contributed by atoms with Gasteiger partial charge >= 0.3 is 0 Å². The van der Waals surface area contributed by atoms with Crippen molar-refractivity contribution in [1.29, 1.82) is 0 Å². The third-order valence-electron chi connectivity index (χ3n) is 3.87. The fourth-order valence-corrected chi connectivity index (χ4v) is 3.02. The molecular formula is C17H28O. The van der Waals surface area contributed by atoms with E-state index in [0.29, 0.717) is 0 Å². The molecule has 1 aliphatic heterocycles. The van der Waals surface area contributed by atoms with Crippen molar-refractivity contribution in [3.05, 3.63) is 34.4 Å². The lowest BCUT2D eigenvalue weighted by atomic mass is 9.85. The summed E-state index contributed by atoms with van der Waals surface area (Å²) in [4.78, 5) is 0. The first kappa shape index (κ1) is 15.2. The number of benzene rings is 1. The molecule has 1 aliphatic carbocycles. The largest absolute Gasteiger partial charge is 0.370 e. The van der Waals surface area contributed by atoms with Gasteiger partial charge in [0.05, 0.1) is 12.2 Å². The zero-order valence-corrected chi connectivity index (χ0v) is 12.9. The van der Waals surface area contributed by atoms with Crippen LogP contribution in [0.4, 0.5) is 0 Å². The smallest absolute Gasteiger partial charge is 0.0961 e. The van der Waals surface area contributed by atoms with Gasteiger partial charge in [-0.2, -0.15) is 0 Å². The molecule has 1 fully saturated rings. The van der Waals surface area contributed by atoms with Crippen LogP contribution in [0.5, 0.6) is 0 Å². The highest BCUT2D eigenvalue weighted by Crippen LogP contribution is 2.49. The summed E-state index contributed by atoms with van der Waals surface area (Å²) in [5.74, 6) is 0. The molecule has 0 bridgehead atoms. The SMILES string of the molecule is CC.CC.Cc1ccc(C)c2c1CCC21CCO1. The van der Waals surface area contributed by atoms with Crippen LogP contribution in [0.15, 0.2) is 12.1 Å². The summed E-state index contributed by atoms with van der Waals surface area (Å²) in [7, 11) is 0. The molecule has 0 saturated carbocycles. The fraction of sp³-hybridized carbons (Fsp3) is 0.647. The van der Waals surface area contributed by atoms with Crippen LogP contribution in [0.1, 0.15) is 62.8 Å². The first-order chi connectivity index (χ1) is 8.73. The van der Waals surface area contributed by atoms with Gasteiger partial charge in [0.25, 0.3) is 0 Å². The van der Waals surface area contributed by atoms with Crippen LogP contribution in [0.2, 0.25) is 0 Å². The summed E-state index contributed by atoms with van der Waals surface area (Å²) in [5.41, 5.74) is 6.07. The van der Waals surface area contributed by atoms with Crippen molar-refractivity contribution in [3.8, 4) is 0 Å². The lowest BCUT2D eigenvalue weighted by Gasteiger charge is -2.40. The van der Waals surface area contributed by atoms with Crippen LogP contribution in [-0.4, -0.2) is 6.61 Å². The summed E-state index contributed by atoms with van der Waals surface area (Å²) in [6, 6.07) is 4.48. The van der Waals surface area contributed by atoms with Gasteiger partial charge < -0.3 is 4.74 Å². The molecule has 1 aromatic carbocycles. The molecule has 18 heavy (non-hydrogen) atoms. The van der Waals surface area contributed by atoms with Crippen molar-refractivity contribution in [2.24, 2.45) is 0 Å². The average Bonchev–Trinajstić information content (AvgIpc) is 2.80. The summed E-state index contributed by atoms with van der Waals surface area (Å²) >= 11 is 0. The zero-order chi connectivity index (χ0) is 13.8. The molecule has 0 amide bonds. The van der Waals surface area contributed by atoms with E-state index >= 15 is 0 Å². The molecule has 1 spiro atoms. The van der Waals surface area contributed by atoms with Gasteiger partial charge in [-0.15, -0.1) is 0 Å². The molecule has 0 radical (unpaired) electrons. The van der Waals surface area contributed by atoms with E-state index < -0.39 is 0 Å². The Morgan fingerprint density at radius 1 is 0.944 bits per heavy atom. The molecule has 1 nitrogen and oxygen atoms in total. The van der Waals surface area contributed by atoms with Crippen molar-refractivity contribution in [1.82, 2.24) is 0 Å². The second kappa shape index (κ2) is 6.38. The van der Waals surface area contributed by atoms with Gasteiger partial charge in [-0.3, -0.25) is 0 Å².